The van der Waals surface area contributed by atoms with E-state index in [0.717, 1.165) is 0 Å². The van der Waals surface area contributed by atoms with E-state index in [2.05, 4.69) is 13.9 Å². The predicted molar refractivity (Wildman–Crippen MR) is 27.9 cm³/mol. The Bertz CT molecular complexity index is 11.6. The number of hydrogen-bond donors (Lipinski definition) is 0. The third kappa shape index (κ3) is 32.6. The van der Waals surface area contributed by atoms with Gasteiger partial charge in [-0.2, -0.15) is 0 Å². The van der Waals surface area contributed by atoms with Crippen LogP contribution in [0.1, 0.15) is 0 Å². The molecule has 0 N–H and O–H groups in total. The molecule has 0 aliphatic carbocycles. The van der Waals surface area contributed by atoms with Crippen LogP contribution in [0.3, 0.4) is 0 Å². The van der Waals surface area contributed by atoms with Gasteiger partial charge in [0, 0.05) is 0 Å². The van der Waals surface area contributed by atoms with Crippen molar-refractivity contribution in [3.8, 4) is 0 Å². The molecule has 0 bridgehead atoms. The third-order valence-corrected chi connectivity index (χ3v) is 0. The molecule has 0 radical (unpaired) electrons. The van der Waals surface area contributed by atoms with Crippen molar-refractivity contribution in [3.63, 3.8) is 0 Å². The summed E-state index contributed by atoms with van der Waals surface area (Å²) < 4.78 is 7.09. The number of halogens is 1. The quantitative estimate of drug-likeness (QED) is 0.584. The Morgan fingerprint density at radius 1 is 1.00 bits per heavy atom. The van der Waals surface area contributed by atoms with Gasteiger partial charge in [-0.3, -0.25) is 0 Å². The molecule has 0 saturated heterocycles. The monoisotopic (exact) mass is 215 g/mol. The van der Waals surface area contributed by atoms with E-state index in [9.17, 15) is 0 Å². The maximum atomic E-state index is 2.36. The van der Waals surface area contributed by atoms with Crippen molar-refractivity contribution in [2.24, 2.45) is 0 Å². The molecular weight excluding hydrogens is 207 g/mol. The molecule has 0 saturated carbocycles. The summed E-state index contributed by atoms with van der Waals surface area (Å²) in [7, 11) is 0. The number of rotatable bonds is 0. The van der Waals surface area contributed by atoms with E-state index >= 15 is 0 Å². The molecule has 2 heteroatoms. The average Bonchev–Trinajstić information content (AvgIpc) is 0.811. The van der Waals surface area contributed by atoms with Crippen molar-refractivity contribution in [1.82, 2.24) is 0 Å². The first-order valence-electron chi connectivity index (χ1n) is 1.50. The molecule has 0 aliphatic heterocycles. The summed E-state index contributed by atoms with van der Waals surface area (Å²) in [5.74, 6) is 0. The van der Waals surface area contributed by atoms with Gasteiger partial charge in [-0.05, 0) is 0 Å². The van der Waals surface area contributed by atoms with Crippen molar-refractivity contribution in [2.75, 3.05) is 0 Å². The molecule has 0 heterocycles. The Hall–Kier alpha value is 1.36. The molecule has 0 aromatic heterocycles. The molecule has 0 fully saturated rings. The zero-order valence-corrected chi connectivity index (χ0v) is 8.08. The summed E-state index contributed by atoms with van der Waals surface area (Å²) in [6.07, 6.45) is 0. The molecule has 0 aliphatic rings. The second-order valence-electron chi connectivity index (χ2n) is 1.50. The van der Waals surface area contributed by atoms with Gasteiger partial charge in [0.15, 0.2) is 0 Å². The Morgan fingerprint density at radius 3 is 1.00 bits per heavy atom. The van der Waals surface area contributed by atoms with Crippen LogP contribution in [0.2, 0.25) is 13.9 Å². The van der Waals surface area contributed by atoms with Gasteiger partial charge in [-0.1, -0.05) is 0 Å². The van der Waals surface area contributed by atoms with Crippen LogP contribution in [0, 0.1) is 0 Å². The molecule has 0 amide bonds. The molecule has 0 aromatic rings. The summed E-state index contributed by atoms with van der Waals surface area (Å²) in [6.45, 7) is 0. The molecule has 0 spiro atoms. The Balaban J connectivity index is 0. The van der Waals surface area contributed by atoms with E-state index in [-0.39, 0.29) is 17.0 Å². The Morgan fingerprint density at radius 2 is 1.00 bits per heavy atom. The van der Waals surface area contributed by atoms with E-state index < -0.39 is 21.8 Å². The van der Waals surface area contributed by atoms with Crippen LogP contribution >= 0.6 is 17.0 Å². The molecule has 0 atom stereocenters. The van der Waals surface area contributed by atoms with Crippen LogP contribution in [0.25, 0.3) is 0 Å². The zero-order chi connectivity index (χ0) is 3.58. The fourth-order valence-electron chi connectivity index (χ4n) is 0. The van der Waals surface area contributed by atoms with E-state index in [0.29, 0.717) is 0 Å². The van der Waals surface area contributed by atoms with Gasteiger partial charge in [0.05, 0.1) is 0 Å². The van der Waals surface area contributed by atoms with Crippen LogP contribution in [-0.2, 0) is 21.8 Å². The fraction of sp³-hybridized carbons (Fsp3) is 1.00. The van der Waals surface area contributed by atoms with E-state index in [1.165, 1.54) is 0 Å². The summed E-state index contributed by atoms with van der Waals surface area (Å²) >= 11 is -0.543. The summed E-state index contributed by atoms with van der Waals surface area (Å²) in [5.41, 5.74) is 0. The predicted octanol–water partition coefficient (Wildman–Crippen LogP) is 2.33. The van der Waals surface area contributed by atoms with Gasteiger partial charge in [0.1, 0.15) is 0 Å². The topological polar surface area (TPSA) is 0 Å². The standard InChI is InChI=1S/3CH3.BrH.Zr/h3*1H3;1H;. The maximum absolute atomic E-state index is 2.36. The Labute approximate surface area is 52.4 Å². The SMILES string of the molecule is Br.[CH3][Zr]([CH3])[CH3]. The van der Waals surface area contributed by atoms with Crippen LogP contribution in [-0.4, -0.2) is 0 Å². The first kappa shape index (κ1) is 9.61. The minimum atomic E-state index is -0.543. The van der Waals surface area contributed by atoms with Gasteiger partial charge in [0.2, 0.25) is 0 Å². The van der Waals surface area contributed by atoms with Gasteiger partial charge < -0.3 is 0 Å². The first-order valence-corrected chi connectivity index (χ1v) is 8.87. The molecular formula is C3H10BrZr. The van der Waals surface area contributed by atoms with Gasteiger partial charge in [0.25, 0.3) is 0 Å². The van der Waals surface area contributed by atoms with Gasteiger partial charge >= 0.3 is 35.6 Å². The van der Waals surface area contributed by atoms with Crippen molar-refractivity contribution < 1.29 is 21.8 Å². The van der Waals surface area contributed by atoms with E-state index in [1.807, 2.05) is 0 Å². The third-order valence-electron chi connectivity index (χ3n) is 0. The molecule has 5 heavy (non-hydrogen) atoms. The van der Waals surface area contributed by atoms with E-state index in [4.69, 9.17) is 0 Å². The van der Waals surface area contributed by atoms with Crippen molar-refractivity contribution >= 4 is 17.0 Å². The van der Waals surface area contributed by atoms with Crippen LogP contribution in [0.4, 0.5) is 0 Å². The molecule has 33 valence electrons. The molecule has 0 rings (SSSR count). The normalized spacial score (nSPS) is 5.40. The van der Waals surface area contributed by atoms with Crippen molar-refractivity contribution in [1.29, 1.82) is 0 Å². The van der Waals surface area contributed by atoms with Crippen LogP contribution in [0.5, 0.6) is 0 Å². The van der Waals surface area contributed by atoms with Crippen molar-refractivity contribution in [3.05, 3.63) is 0 Å². The Kier molecular flexibility index (Phi) is 10.3. The van der Waals surface area contributed by atoms with Crippen LogP contribution in [0.15, 0.2) is 0 Å². The van der Waals surface area contributed by atoms with Crippen molar-refractivity contribution in [2.45, 2.75) is 13.9 Å². The average molecular weight is 217 g/mol. The molecule has 0 unspecified atom stereocenters. The molecule has 0 nitrogen and oxygen atoms in total. The summed E-state index contributed by atoms with van der Waals surface area (Å²) in [6, 6.07) is 0. The van der Waals surface area contributed by atoms with Gasteiger partial charge in [-0.25, -0.2) is 0 Å². The second kappa shape index (κ2) is 5.36. The van der Waals surface area contributed by atoms with Gasteiger partial charge in [-0.15, -0.1) is 17.0 Å². The summed E-state index contributed by atoms with van der Waals surface area (Å²) in [5, 5.41) is 0. The first-order chi connectivity index (χ1) is 1.73. The second-order valence-corrected chi connectivity index (χ2v) is 8.87. The zero-order valence-electron chi connectivity index (χ0n) is 3.91. The minimum absolute atomic E-state index is 0. The molecule has 0 aromatic carbocycles. The van der Waals surface area contributed by atoms with E-state index in [1.54, 1.807) is 0 Å². The number of hydrogen-bond acceptors (Lipinski definition) is 0. The van der Waals surface area contributed by atoms with Crippen LogP contribution < -0.4 is 0 Å². The summed E-state index contributed by atoms with van der Waals surface area (Å²) in [4.78, 5) is 0. The fourth-order valence-corrected chi connectivity index (χ4v) is 0.